The molecule has 0 spiro atoms. The molecule has 1 atom stereocenters. The van der Waals surface area contributed by atoms with Crippen molar-refractivity contribution in [3.63, 3.8) is 0 Å². The number of para-hydroxylation sites is 1. The van der Waals surface area contributed by atoms with Gasteiger partial charge in [0, 0.05) is 30.5 Å². The van der Waals surface area contributed by atoms with E-state index in [1.54, 1.807) is 24.4 Å². The highest BCUT2D eigenvalue weighted by atomic mass is 16.5. The summed E-state index contributed by atoms with van der Waals surface area (Å²) in [6, 6.07) is 19.3. The number of aromatic nitrogens is 3. The number of carbonyl (C=O) groups excluding carboxylic acids is 1. The summed E-state index contributed by atoms with van der Waals surface area (Å²) >= 11 is 0. The average Bonchev–Trinajstić information content (AvgIpc) is 3.26. The zero-order valence-electron chi connectivity index (χ0n) is 19.1. The van der Waals surface area contributed by atoms with Crippen LogP contribution in [-0.4, -0.2) is 38.7 Å². The van der Waals surface area contributed by atoms with Crippen molar-refractivity contribution in [3.05, 3.63) is 79.0 Å². The Hall–Kier alpha value is -4.13. The SMILES string of the molecule is C/C=C/C(=O)N1CCCC(n2nc(-c3ccc(Oc4ccccc4)cc3)c3c(N)ccnc32)C1. The number of fused-ring (bicyclic) bond motifs is 1. The molecular formula is C27H27N5O2. The van der Waals surface area contributed by atoms with E-state index in [9.17, 15) is 4.79 Å². The van der Waals surface area contributed by atoms with Crippen LogP contribution < -0.4 is 10.5 Å². The highest BCUT2D eigenvalue weighted by Gasteiger charge is 2.27. The molecule has 7 heteroatoms. The molecule has 1 aliphatic heterocycles. The van der Waals surface area contributed by atoms with Crippen LogP contribution in [0.2, 0.25) is 0 Å². The molecule has 1 aliphatic rings. The van der Waals surface area contributed by atoms with Crippen LogP contribution in [0, 0.1) is 0 Å². The normalized spacial score (nSPS) is 16.3. The van der Waals surface area contributed by atoms with Gasteiger partial charge in [0.15, 0.2) is 5.65 Å². The fourth-order valence-electron chi connectivity index (χ4n) is 4.45. The lowest BCUT2D eigenvalue weighted by Gasteiger charge is -2.32. The number of amides is 1. The summed E-state index contributed by atoms with van der Waals surface area (Å²) in [4.78, 5) is 18.9. The van der Waals surface area contributed by atoms with Gasteiger partial charge in [-0.05, 0) is 68.3 Å². The van der Waals surface area contributed by atoms with E-state index in [4.69, 9.17) is 15.6 Å². The average molecular weight is 454 g/mol. The van der Waals surface area contributed by atoms with E-state index in [-0.39, 0.29) is 11.9 Å². The lowest BCUT2D eigenvalue weighted by atomic mass is 10.1. The van der Waals surface area contributed by atoms with Crippen LogP contribution >= 0.6 is 0 Å². The highest BCUT2D eigenvalue weighted by Crippen LogP contribution is 2.35. The third-order valence-electron chi connectivity index (χ3n) is 6.09. The Balaban J connectivity index is 1.49. The summed E-state index contributed by atoms with van der Waals surface area (Å²) < 4.78 is 7.88. The molecule has 2 aromatic carbocycles. The number of benzene rings is 2. The van der Waals surface area contributed by atoms with Crippen molar-refractivity contribution < 1.29 is 9.53 Å². The number of pyridine rings is 1. The van der Waals surface area contributed by atoms with Crippen LogP contribution in [0.3, 0.4) is 0 Å². The quantitative estimate of drug-likeness (QED) is 0.419. The van der Waals surface area contributed by atoms with Crippen LogP contribution in [-0.2, 0) is 4.79 Å². The number of carbonyl (C=O) groups is 1. The Morgan fingerprint density at radius 2 is 1.85 bits per heavy atom. The van der Waals surface area contributed by atoms with Gasteiger partial charge in [0.25, 0.3) is 0 Å². The van der Waals surface area contributed by atoms with Crippen molar-refractivity contribution >= 4 is 22.6 Å². The zero-order valence-corrected chi connectivity index (χ0v) is 19.1. The minimum absolute atomic E-state index is 0.0327. The maximum absolute atomic E-state index is 12.4. The number of nitrogens with zero attached hydrogens (tertiary/aromatic N) is 4. The first-order valence-corrected chi connectivity index (χ1v) is 11.5. The zero-order chi connectivity index (χ0) is 23.5. The number of hydrogen-bond donors (Lipinski definition) is 1. The maximum Gasteiger partial charge on any atom is 0.246 e. The van der Waals surface area contributed by atoms with Crippen molar-refractivity contribution in [3.8, 4) is 22.8 Å². The van der Waals surface area contributed by atoms with Gasteiger partial charge >= 0.3 is 0 Å². The lowest BCUT2D eigenvalue weighted by molar-refractivity contribution is -0.127. The van der Waals surface area contributed by atoms with Gasteiger partial charge in [-0.3, -0.25) is 4.79 Å². The predicted octanol–water partition coefficient (Wildman–Crippen LogP) is 5.21. The molecule has 0 bridgehead atoms. The first-order valence-electron chi connectivity index (χ1n) is 11.5. The van der Waals surface area contributed by atoms with Gasteiger partial charge in [0.05, 0.1) is 11.4 Å². The van der Waals surface area contributed by atoms with Gasteiger partial charge in [-0.15, -0.1) is 0 Å². The Kier molecular flexibility index (Phi) is 5.99. The molecule has 172 valence electrons. The van der Waals surface area contributed by atoms with Crippen molar-refractivity contribution in [2.45, 2.75) is 25.8 Å². The molecule has 4 aromatic rings. The van der Waals surface area contributed by atoms with E-state index in [1.807, 2.05) is 71.1 Å². The van der Waals surface area contributed by atoms with Gasteiger partial charge in [-0.25, -0.2) is 9.67 Å². The van der Waals surface area contributed by atoms with Crippen LogP contribution in [0.4, 0.5) is 5.69 Å². The number of rotatable bonds is 5. The fourth-order valence-corrected chi connectivity index (χ4v) is 4.45. The number of likely N-dealkylation sites (tertiary alicyclic amines) is 1. The summed E-state index contributed by atoms with van der Waals surface area (Å²) in [5.41, 5.74) is 9.48. The second-order valence-electron chi connectivity index (χ2n) is 8.41. The Morgan fingerprint density at radius 3 is 2.62 bits per heavy atom. The third-order valence-corrected chi connectivity index (χ3v) is 6.09. The van der Waals surface area contributed by atoms with E-state index < -0.39 is 0 Å². The second kappa shape index (κ2) is 9.39. The molecular weight excluding hydrogens is 426 g/mol. The molecule has 7 nitrogen and oxygen atoms in total. The predicted molar refractivity (Wildman–Crippen MR) is 134 cm³/mol. The van der Waals surface area contributed by atoms with E-state index in [1.165, 1.54) is 0 Å². The largest absolute Gasteiger partial charge is 0.457 e. The third kappa shape index (κ3) is 4.24. The summed E-state index contributed by atoms with van der Waals surface area (Å²) in [6.07, 6.45) is 6.95. The minimum atomic E-state index is 0.0327. The summed E-state index contributed by atoms with van der Waals surface area (Å²) in [5.74, 6) is 1.56. The summed E-state index contributed by atoms with van der Waals surface area (Å²) in [6.45, 7) is 3.21. The van der Waals surface area contributed by atoms with E-state index >= 15 is 0 Å². The number of piperidine rings is 1. The monoisotopic (exact) mass is 453 g/mol. The molecule has 0 aliphatic carbocycles. The van der Waals surface area contributed by atoms with Gasteiger partial charge < -0.3 is 15.4 Å². The Morgan fingerprint density at radius 1 is 1.09 bits per heavy atom. The second-order valence-corrected chi connectivity index (χ2v) is 8.41. The number of nitrogens with two attached hydrogens (primary N) is 1. The highest BCUT2D eigenvalue weighted by molar-refractivity contribution is 5.99. The topological polar surface area (TPSA) is 86.3 Å². The molecule has 2 N–H and O–H groups in total. The summed E-state index contributed by atoms with van der Waals surface area (Å²) in [7, 11) is 0. The van der Waals surface area contributed by atoms with E-state index in [2.05, 4.69) is 4.98 Å². The molecule has 1 saturated heterocycles. The van der Waals surface area contributed by atoms with Crippen LogP contribution in [0.25, 0.3) is 22.3 Å². The minimum Gasteiger partial charge on any atom is -0.457 e. The molecule has 3 heterocycles. The first-order chi connectivity index (χ1) is 16.6. The summed E-state index contributed by atoms with van der Waals surface area (Å²) in [5, 5.41) is 5.80. The van der Waals surface area contributed by atoms with Crippen molar-refractivity contribution in [2.24, 2.45) is 0 Å². The molecule has 34 heavy (non-hydrogen) atoms. The van der Waals surface area contributed by atoms with Gasteiger partial charge in [0.2, 0.25) is 5.91 Å². The number of allylic oxidation sites excluding steroid dienone is 1. The number of hydrogen-bond acceptors (Lipinski definition) is 5. The number of anilines is 1. The van der Waals surface area contributed by atoms with E-state index in [0.29, 0.717) is 12.2 Å². The van der Waals surface area contributed by atoms with E-state index in [0.717, 1.165) is 53.2 Å². The smallest absolute Gasteiger partial charge is 0.246 e. The molecule has 2 aromatic heterocycles. The van der Waals surface area contributed by atoms with Crippen LogP contribution in [0.15, 0.2) is 79.0 Å². The van der Waals surface area contributed by atoms with Crippen LogP contribution in [0.1, 0.15) is 25.8 Å². The molecule has 0 saturated carbocycles. The maximum atomic E-state index is 12.4. The molecule has 0 radical (unpaired) electrons. The molecule has 1 fully saturated rings. The first kappa shape index (κ1) is 21.7. The molecule has 5 rings (SSSR count). The van der Waals surface area contributed by atoms with Gasteiger partial charge in [-0.2, -0.15) is 5.10 Å². The van der Waals surface area contributed by atoms with Crippen molar-refractivity contribution in [1.29, 1.82) is 0 Å². The van der Waals surface area contributed by atoms with Crippen molar-refractivity contribution in [1.82, 2.24) is 19.7 Å². The molecule has 1 amide bonds. The fraction of sp³-hybridized carbons (Fsp3) is 0.222. The Labute approximate surface area is 198 Å². The van der Waals surface area contributed by atoms with Crippen molar-refractivity contribution in [2.75, 3.05) is 18.8 Å². The van der Waals surface area contributed by atoms with Gasteiger partial charge in [-0.1, -0.05) is 24.3 Å². The number of nitrogen functional groups attached to an aromatic ring is 1. The van der Waals surface area contributed by atoms with Crippen LogP contribution in [0.5, 0.6) is 11.5 Å². The molecule has 1 unspecified atom stereocenters. The number of ether oxygens (including phenoxy) is 1. The standard InChI is InChI=1S/C27H27N5O2/c1-2-7-24(33)31-17-6-8-20(18-31)32-27-25(23(28)15-16-29-27)26(30-32)19-11-13-22(14-12-19)34-21-9-4-3-5-10-21/h2-5,7,9-16,20H,6,8,17-18H2,1H3,(H2,28,29)/b7-2+. The Bertz CT molecular complexity index is 1330. The van der Waals surface area contributed by atoms with Gasteiger partial charge in [0.1, 0.15) is 17.2 Å². The lowest BCUT2D eigenvalue weighted by Crippen LogP contribution is -2.40.